The molecule has 0 aliphatic heterocycles. The first-order valence-corrected chi connectivity index (χ1v) is 3.24. The van der Waals surface area contributed by atoms with Crippen LogP contribution in [-0.4, -0.2) is 11.5 Å². The Labute approximate surface area is 60.1 Å². The lowest BCUT2D eigenvalue weighted by molar-refractivity contribution is 0.927. The smallest absolute Gasteiger partial charge is 0.0645 e. The van der Waals surface area contributed by atoms with Crippen LogP contribution in [0.25, 0.3) is 0 Å². The maximum atomic E-state index is 5.59. The fourth-order valence-electron chi connectivity index (χ4n) is 0.796. The third-order valence-electron chi connectivity index (χ3n) is 1.31. The van der Waals surface area contributed by atoms with Crippen molar-refractivity contribution in [3.8, 4) is 0 Å². The quantitative estimate of drug-likeness (QED) is 0.610. The first kappa shape index (κ1) is 7.02. The molecule has 10 heavy (non-hydrogen) atoms. The van der Waals surface area contributed by atoms with Gasteiger partial charge in [0, 0.05) is 12.6 Å². The third kappa shape index (κ3) is 1.45. The Morgan fingerprint density at radius 1 is 1.50 bits per heavy atom. The van der Waals surface area contributed by atoms with Gasteiger partial charge in [-0.2, -0.15) is 0 Å². The molecule has 0 radical (unpaired) electrons. The molecule has 1 aromatic heterocycles. The fourth-order valence-corrected chi connectivity index (χ4v) is 0.796. The Morgan fingerprint density at radius 3 is 2.90 bits per heavy atom. The van der Waals surface area contributed by atoms with E-state index in [1.54, 1.807) is 6.20 Å². The molecule has 3 heteroatoms. The van der Waals surface area contributed by atoms with E-state index in [2.05, 4.69) is 4.98 Å². The zero-order chi connectivity index (χ0) is 7.40. The molecule has 1 heterocycles. The summed E-state index contributed by atoms with van der Waals surface area (Å²) < 4.78 is 0. The van der Waals surface area contributed by atoms with Crippen molar-refractivity contribution < 1.29 is 0 Å². The Bertz CT molecular complexity index is 210. The van der Waals surface area contributed by atoms with Gasteiger partial charge < -0.3 is 11.5 Å². The van der Waals surface area contributed by atoms with E-state index in [0.29, 0.717) is 6.54 Å². The average Bonchev–Trinajstić information content (AvgIpc) is 1.94. The minimum Gasteiger partial charge on any atom is -0.397 e. The van der Waals surface area contributed by atoms with Gasteiger partial charge in [0.1, 0.15) is 0 Å². The maximum absolute atomic E-state index is 5.59. The van der Waals surface area contributed by atoms with E-state index in [0.717, 1.165) is 17.8 Å². The Morgan fingerprint density at radius 2 is 2.30 bits per heavy atom. The largest absolute Gasteiger partial charge is 0.397 e. The van der Waals surface area contributed by atoms with Gasteiger partial charge in [0.2, 0.25) is 0 Å². The summed E-state index contributed by atoms with van der Waals surface area (Å²) in [5.74, 6) is 0. The summed E-state index contributed by atoms with van der Waals surface area (Å²) >= 11 is 0. The molecule has 1 aromatic rings. The minimum absolute atomic E-state index is 0.598. The fraction of sp³-hybridized carbons (Fsp3) is 0.286. The third-order valence-corrected chi connectivity index (χ3v) is 1.31. The van der Waals surface area contributed by atoms with Gasteiger partial charge in [0.25, 0.3) is 0 Å². The van der Waals surface area contributed by atoms with Crippen LogP contribution in [0.4, 0.5) is 5.69 Å². The summed E-state index contributed by atoms with van der Waals surface area (Å²) in [7, 11) is 0. The SMILES string of the molecule is NCCc1ncccc1N. The van der Waals surface area contributed by atoms with Crippen molar-refractivity contribution in [1.82, 2.24) is 4.98 Å². The Kier molecular flexibility index (Phi) is 2.23. The van der Waals surface area contributed by atoms with E-state index >= 15 is 0 Å². The molecule has 0 atom stereocenters. The van der Waals surface area contributed by atoms with Crippen LogP contribution in [0, 0.1) is 0 Å². The number of hydrogen-bond donors (Lipinski definition) is 2. The van der Waals surface area contributed by atoms with Crippen molar-refractivity contribution in [3.05, 3.63) is 24.0 Å². The normalized spacial score (nSPS) is 9.70. The van der Waals surface area contributed by atoms with E-state index in [1.165, 1.54) is 0 Å². The van der Waals surface area contributed by atoms with Crippen LogP contribution in [0.3, 0.4) is 0 Å². The lowest BCUT2D eigenvalue weighted by atomic mass is 10.2. The number of nitrogens with two attached hydrogens (primary N) is 2. The zero-order valence-corrected chi connectivity index (χ0v) is 5.75. The lowest BCUT2D eigenvalue weighted by Crippen LogP contribution is -2.06. The lowest BCUT2D eigenvalue weighted by Gasteiger charge is -1.99. The number of anilines is 1. The molecule has 0 saturated carbocycles. The van der Waals surface area contributed by atoms with Crippen LogP contribution in [0.2, 0.25) is 0 Å². The van der Waals surface area contributed by atoms with E-state index in [1.807, 2.05) is 12.1 Å². The molecule has 0 spiro atoms. The van der Waals surface area contributed by atoms with Crippen LogP contribution in [-0.2, 0) is 6.42 Å². The predicted octanol–water partition coefficient (Wildman–Crippen LogP) is 0.165. The molecular formula is C7H11N3. The van der Waals surface area contributed by atoms with Crippen molar-refractivity contribution in [2.24, 2.45) is 5.73 Å². The van der Waals surface area contributed by atoms with Crippen LogP contribution < -0.4 is 11.5 Å². The summed E-state index contributed by atoms with van der Waals surface area (Å²) in [5.41, 5.74) is 12.5. The highest BCUT2D eigenvalue weighted by atomic mass is 14.7. The van der Waals surface area contributed by atoms with E-state index in [9.17, 15) is 0 Å². The van der Waals surface area contributed by atoms with Crippen molar-refractivity contribution >= 4 is 5.69 Å². The van der Waals surface area contributed by atoms with Crippen molar-refractivity contribution in [1.29, 1.82) is 0 Å². The second-order valence-electron chi connectivity index (χ2n) is 2.08. The van der Waals surface area contributed by atoms with E-state index in [4.69, 9.17) is 11.5 Å². The number of rotatable bonds is 2. The molecule has 0 saturated heterocycles. The van der Waals surface area contributed by atoms with Crippen molar-refractivity contribution in [2.45, 2.75) is 6.42 Å². The highest BCUT2D eigenvalue weighted by Gasteiger charge is 1.95. The molecule has 0 aliphatic carbocycles. The molecular weight excluding hydrogens is 126 g/mol. The van der Waals surface area contributed by atoms with Gasteiger partial charge in [-0.3, -0.25) is 4.98 Å². The van der Waals surface area contributed by atoms with Gasteiger partial charge in [-0.25, -0.2) is 0 Å². The molecule has 0 fully saturated rings. The topological polar surface area (TPSA) is 64.9 Å². The molecule has 0 amide bonds. The van der Waals surface area contributed by atoms with Crippen LogP contribution in [0.1, 0.15) is 5.69 Å². The average molecular weight is 137 g/mol. The van der Waals surface area contributed by atoms with Crippen LogP contribution in [0.5, 0.6) is 0 Å². The Balaban J connectivity index is 2.81. The van der Waals surface area contributed by atoms with Gasteiger partial charge in [0.15, 0.2) is 0 Å². The second kappa shape index (κ2) is 3.17. The number of pyridine rings is 1. The summed E-state index contributed by atoms with van der Waals surface area (Å²) in [6.45, 7) is 0.598. The Hall–Kier alpha value is -1.09. The summed E-state index contributed by atoms with van der Waals surface area (Å²) in [6.07, 6.45) is 2.48. The number of aromatic nitrogens is 1. The summed E-state index contributed by atoms with van der Waals surface area (Å²) in [5, 5.41) is 0. The minimum atomic E-state index is 0.598. The van der Waals surface area contributed by atoms with Gasteiger partial charge in [0.05, 0.1) is 11.4 Å². The van der Waals surface area contributed by atoms with Crippen molar-refractivity contribution in [2.75, 3.05) is 12.3 Å². The molecule has 1 rings (SSSR count). The van der Waals surface area contributed by atoms with Gasteiger partial charge >= 0.3 is 0 Å². The number of nitrogens with zero attached hydrogens (tertiary/aromatic N) is 1. The summed E-state index contributed by atoms with van der Waals surface area (Å²) in [6, 6.07) is 3.65. The number of hydrogen-bond acceptors (Lipinski definition) is 3. The summed E-state index contributed by atoms with van der Waals surface area (Å²) in [4.78, 5) is 4.06. The van der Waals surface area contributed by atoms with E-state index < -0.39 is 0 Å². The first-order valence-electron chi connectivity index (χ1n) is 3.24. The van der Waals surface area contributed by atoms with Gasteiger partial charge in [-0.15, -0.1) is 0 Å². The highest BCUT2D eigenvalue weighted by molar-refractivity contribution is 5.41. The molecule has 4 N–H and O–H groups in total. The van der Waals surface area contributed by atoms with Crippen LogP contribution >= 0.6 is 0 Å². The van der Waals surface area contributed by atoms with E-state index in [-0.39, 0.29) is 0 Å². The molecule has 0 aliphatic rings. The molecule has 54 valence electrons. The maximum Gasteiger partial charge on any atom is 0.0645 e. The zero-order valence-electron chi connectivity index (χ0n) is 5.75. The highest BCUT2D eigenvalue weighted by Crippen LogP contribution is 2.05. The second-order valence-corrected chi connectivity index (χ2v) is 2.08. The molecule has 3 nitrogen and oxygen atoms in total. The molecule has 0 aromatic carbocycles. The monoisotopic (exact) mass is 137 g/mol. The molecule has 0 unspecified atom stereocenters. The predicted molar refractivity (Wildman–Crippen MR) is 41.4 cm³/mol. The van der Waals surface area contributed by atoms with Gasteiger partial charge in [-0.1, -0.05) is 0 Å². The molecule has 0 bridgehead atoms. The standard InChI is InChI=1S/C7H11N3/c8-4-3-7-6(9)2-1-5-10-7/h1-2,5H,3-4,8-9H2. The first-order chi connectivity index (χ1) is 4.84. The van der Waals surface area contributed by atoms with Crippen molar-refractivity contribution in [3.63, 3.8) is 0 Å². The van der Waals surface area contributed by atoms with Gasteiger partial charge in [-0.05, 0) is 18.7 Å². The van der Waals surface area contributed by atoms with Crippen LogP contribution in [0.15, 0.2) is 18.3 Å². The number of nitrogen functional groups attached to an aromatic ring is 1.